The third-order valence-electron chi connectivity index (χ3n) is 3.30. The van der Waals surface area contributed by atoms with Gasteiger partial charge in [-0.3, -0.25) is 9.59 Å². The predicted octanol–water partition coefficient (Wildman–Crippen LogP) is 0.485. The van der Waals surface area contributed by atoms with Gasteiger partial charge in [-0.15, -0.1) is 0 Å². The highest BCUT2D eigenvalue weighted by molar-refractivity contribution is 5.83. The maximum Gasteiger partial charge on any atom is 0.305 e. The molecule has 4 N–H and O–H groups in total. The molecule has 16 heavy (non-hydrogen) atoms. The molecule has 0 unspecified atom stereocenters. The average molecular weight is 228 g/mol. The van der Waals surface area contributed by atoms with Crippen LogP contribution in [0.3, 0.4) is 0 Å². The highest BCUT2D eigenvalue weighted by Gasteiger charge is 2.42. The van der Waals surface area contributed by atoms with Crippen LogP contribution in [-0.2, 0) is 9.59 Å². The number of carboxylic acids is 1. The monoisotopic (exact) mass is 228 g/mol. The van der Waals surface area contributed by atoms with Crippen LogP contribution in [0.2, 0.25) is 0 Å². The molecule has 5 heteroatoms. The first-order valence-corrected chi connectivity index (χ1v) is 5.56. The summed E-state index contributed by atoms with van der Waals surface area (Å²) in [6, 6.07) is 0. The van der Waals surface area contributed by atoms with Crippen molar-refractivity contribution in [3.05, 3.63) is 0 Å². The van der Waals surface area contributed by atoms with Gasteiger partial charge in [-0.2, -0.15) is 0 Å². The summed E-state index contributed by atoms with van der Waals surface area (Å²) in [5.74, 6) is -1.03. The van der Waals surface area contributed by atoms with Crippen LogP contribution in [0.25, 0.3) is 0 Å². The first kappa shape index (κ1) is 13.0. The lowest BCUT2D eigenvalue weighted by Gasteiger charge is -2.43. The van der Waals surface area contributed by atoms with Crippen molar-refractivity contribution in [2.45, 2.75) is 45.1 Å². The van der Waals surface area contributed by atoms with Crippen molar-refractivity contribution in [1.29, 1.82) is 0 Å². The minimum atomic E-state index is -0.870. The van der Waals surface area contributed by atoms with E-state index in [4.69, 9.17) is 10.8 Å². The zero-order valence-corrected chi connectivity index (χ0v) is 9.88. The van der Waals surface area contributed by atoms with E-state index in [2.05, 4.69) is 5.32 Å². The first-order valence-electron chi connectivity index (χ1n) is 5.56. The number of aliphatic carboxylic acids is 1. The van der Waals surface area contributed by atoms with Gasteiger partial charge >= 0.3 is 5.97 Å². The second kappa shape index (κ2) is 4.41. The number of hydrogen-bond acceptors (Lipinski definition) is 3. The molecule has 0 radical (unpaired) electrons. The van der Waals surface area contributed by atoms with Gasteiger partial charge in [-0.25, -0.2) is 0 Å². The Hall–Kier alpha value is -1.10. The molecule has 0 saturated heterocycles. The topological polar surface area (TPSA) is 92.4 Å². The Balaban J connectivity index is 2.64. The van der Waals surface area contributed by atoms with Crippen molar-refractivity contribution in [3.8, 4) is 0 Å². The van der Waals surface area contributed by atoms with Gasteiger partial charge in [0.2, 0.25) is 5.91 Å². The molecule has 0 heterocycles. The van der Waals surface area contributed by atoms with Crippen LogP contribution < -0.4 is 11.1 Å². The molecule has 0 bridgehead atoms. The van der Waals surface area contributed by atoms with Gasteiger partial charge in [-0.05, 0) is 33.1 Å². The van der Waals surface area contributed by atoms with Gasteiger partial charge in [0.05, 0.1) is 17.4 Å². The molecule has 1 amide bonds. The molecule has 0 aliphatic heterocycles. The predicted molar refractivity (Wildman–Crippen MR) is 59.8 cm³/mol. The van der Waals surface area contributed by atoms with Crippen molar-refractivity contribution in [2.24, 2.45) is 11.1 Å². The SMILES string of the molecule is CC(C)(CN)C(=O)NC1(CC(=O)O)CCC1. The number of nitrogens with two attached hydrogens (primary N) is 1. The normalized spacial score (nSPS) is 18.7. The second-order valence-corrected chi connectivity index (χ2v) is 5.25. The summed E-state index contributed by atoms with van der Waals surface area (Å²) >= 11 is 0. The molecule has 1 aliphatic rings. The van der Waals surface area contributed by atoms with E-state index in [0.717, 1.165) is 19.3 Å². The summed E-state index contributed by atoms with van der Waals surface area (Å²) in [5.41, 5.74) is 4.34. The lowest BCUT2D eigenvalue weighted by Crippen LogP contribution is -2.58. The van der Waals surface area contributed by atoms with Gasteiger partial charge < -0.3 is 16.2 Å². The Bertz CT molecular complexity index is 296. The van der Waals surface area contributed by atoms with Crippen molar-refractivity contribution >= 4 is 11.9 Å². The van der Waals surface area contributed by atoms with E-state index in [-0.39, 0.29) is 18.9 Å². The standard InChI is InChI=1S/C11H20N2O3/c1-10(2,7-12)9(16)13-11(4-3-5-11)6-8(14)15/h3-7,12H2,1-2H3,(H,13,16)(H,14,15). The number of rotatable bonds is 5. The molecular formula is C11H20N2O3. The van der Waals surface area contributed by atoms with Crippen molar-refractivity contribution in [2.75, 3.05) is 6.54 Å². The van der Waals surface area contributed by atoms with Gasteiger partial charge in [-0.1, -0.05) is 0 Å². The summed E-state index contributed by atoms with van der Waals surface area (Å²) < 4.78 is 0. The van der Waals surface area contributed by atoms with Crippen LogP contribution in [0.1, 0.15) is 39.5 Å². The molecule has 92 valence electrons. The number of carbonyl (C=O) groups excluding carboxylic acids is 1. The number of carbonyl (C=O) groups is 2. The third kappa shape index (κ3) is 2.72. The molecule has 0 atom stereocenters. The van der Waals surface area contributed by atoms with Crippen LogP contribution in [0.5, 0.6) is 0 Å². The molecule has 0 aromatic rings. The number of hydrogen-bond donors (Lipinski definition) is 3. The molecule has 1 rings (SSSR count). The van der Waals surface area contributed by atoms with E-state index in [1.165, 1.54) is 0 Å². The average Bonchev–Trinajstić information content (AvgIpc) is 2.13. The molecule has 5 nitrogen and oxygen atoms in total. The Labute approximate surface area is 95.4 Å². The molecule has 1 aliphatic carbocycles. The maximum absolute atomic E-state index is 11.9. The van der Waals surface area contributed by atoms with E-state index < -0.39 is 16.9 Å². The lowest BCUT2D eigenvalue weighted by atomic mass is 9.73. The quantitative estimate of drug-likeness (QED) is 0.638. The van der Waals surface area contributed by atoms with Crippen LogP contribution in [0, 0.1) is 5.41 Å². The molecule has 0 aromatic heterocycles. The number of carboxylic acid groups (broad SMARTS) is 1. The fourth-order valence-corrected chi connectivity index (χ4v) is 1.74. The van der Waals surface area contributed by atoms with E-state index in [1.807, 2.05) is 0 Å². The van der Waals surface area contributed by atoms with E-state index in [9.17, 15) is 9.59 Å². The van der Waals surface area contributed by atoms with Crippen molar-refractivity contribution in [3.63, 3.8) is 0 Å². The highest BCUT2D eigenvalue weighted by Crippen LogP contribution is 2.35. The van der Waals surface area contributed by atoms with Crippen molar-refractivity contribution in [1.82, 2.24) is 5.32 Å². The maximum atomic E-state index is 11.9. The summed E-state index contributed by atoms with van der Waals surface area (Å²) in [6.45, 7) is 3.77. The largest absolute Gasteiger partial charge is 0.481 e. The van der Waals surface area contributed by atoms with Gasteiger partial charge in [0.1, 0.15) is 0 Å². The van der Waals surface area contributed by atoms with E-state index in [0.29, 0.717) is 0 Å². The number of nitrogens with one attached hydrogen (secondary N) is 1. The fourth-order valence-electron chi connectivity index (χ4n) is 1.74. The lowest BCUT2D eigenvalue weighted by molar-refractivity contribution is -0.141. The summed E-state index contributed by atoms with van der Waals surface area (Å²) in [5, 5.41) is 11.7. The van der Waals surface area contributed by atoms with E-state index in [1.54, 1.807) is 13.8 Å². The Morgan fingerprint density at radius 3 is 2.31 bits per heavy atom. The van der Waals surface area contributed by atoms with Crippen LogP contribution in [-0.4, -0.2) is 29.1 Å². The van der Waals surface area contributed by atoms with Gasteiger partial charge in [0, 0.05) is 6.54 Å². The van der Waals surface area contributed by atoms with Crippen LogP contribution in [0.4, 0.5) is 0 Å². The molecular weight excluding hydrogens is 208 g/mol. The number of amides is 1. The highest BCUT2D eigenvalue weighted by atomic mass is 16.4. The molecule has 0 spiro atoms. The Morgan fingerprint density at radius 2 is 2.00 bits per heavy atom. The minimum absolute atomic E-state index is 0.000604. The summed E-state index contributed by atoms with van der Waals surface area (Å²) in [4.78, 5) is 22.6. The van der Waals surface area contributed by atoms with Gasteiger partial charge in [0.25, 0.3) is 0 Å². The summed E-state index contributed by atoms with van der Waals surface area (Å²) in [7, 11) is 0. The molecule has 1 fully saturated rings. The first-order chi connectivity index (χ1) is 7.31. The minimum Gasteiger partial charge on any atom is -0.481 e. The fraction of sp³-hybridized carbons (Fsp3) is 0.818. The Kier molecular flexibility index (Phi) is 3.57. The Morgan fingerprint density at radius 1 is 1.44 bits per heavy atom. The third-order valence-corrected chi connectivity index (χ3v) is 3.30. The zero-order chi connectivity index (χ0) is 12.4. The zero-order valence-electron chi connectivity index (χ0n) is 9.88. The molecule has 0 aromatic carbocycles. The van der Waals surface area contributed by atoms with Crippen LogP contribution in [0.15, 0.2) is 0 Å². The smallest absolute Gasteiger partial charge is 0.305 e. The summed E-state index contributed by atoms with van der Waals surface area (Å²) in [6.07, 6.45) is 2.45. The van der Waals surface area contributed by atoms with Crippen LogP contribution >= 0.6 is 0 Å². The van der Waals surface area contributed by atoms with Crippen molar-refractivity contribution < 1.29 is 14.7 Å². The second-order valence-electron chi connectivity index (χ2n) is 5.25. The molecule has 1 saturated carbocycles. The van der Waals surface area contributed by atoms with E-state index >= 15 is 0 Å². The van der Waals surface area contributed by atoms with Gasteiger partial charge in [0.15, 0.2) is 0 Å².